The summed E-state index contributed by atoms with van der Waals surface area (Å²) >= 11 is 0. The van der Waals surface area contributed by atoms with Crippen LogP contribution in [0.5, 0.6) is 5.75 Å². The van der Waals surface area contributed by atoms with Gasteiger partial charge in [0.2, 0.25) is 17.8 Å². The molecular weight excluding hydrogens is 368 g/mol. The maximum Gasteiger partial charge on any atom is 0.233 e. The summed E-state index contributed by atoms with van der Waals surface area (Å²) in [5.41, 5.74) is 0.913. The van der Waals surface area contributed by atoms with Crippen LogP contribution in [-0.4, -0.2) is 53.9 Å². The van der Waals surface area contributed by atoms with Gasteiger partial charge in [0.15, 0.2) is 0 Å². The smallest absolute Gasteiger partial charge is 0.233 e. The lowest BCUT2D eigenvalue weighted by atomic mass is 9.96. The fourth-order valence-electron chi connectivity index (χ4n) is 3.75. The van der Waals surface area contributed by atoms with Gasteiger partial charge in [0.05, 0.1) is 19.8 Å². The van der Waals surface area contributed by atoms with E-state index >= 15 is 0 Å². The molecule has 4 rings (SSSR count). The maximum atomic E-state index is 5.52. The number of hydrogen-bond donors (Lipinski definition) is 2. The van der Waals surface area contributed by atoms with Gasteiger partial charge in [0, 0.05) is 24.8 Å². The Morgan fingerprint density at radius 1 is 1.00 bits per heavy atom. The Kier molecular flexibility index (Phi) is 6.61. The van der Waals surface area contributed by atoms with Crippen molar-refractivity contribution in [2.45, 2.75) is 45.1 Å². The largest absolute Gasteiger partial charge is 0.494 e. The number of anilines is 4. The highest BCUT2D eigenvalue weighted by Crippen LogP contribution is 2.24. The van der Waals surface area contributed by atoms with Gasteiger partial charge in [-0.1, -0.05) is 19.3 Å². The van der Waals surface area contributed by atoms with E-state index in [1.54, 1.807) is 0 Å². The van der Waals surface area contributed by atoms with Crippen molar-refractivity contribution in [3.05, 3.63) is 24.3 Å². The van der Waals surface area contributed by atoms with Crippen molar-refractivity contribution in [1.29, 1.82) is 0 Å². The summed E-state index contributed by atoms with van der Waals surface area (Å²) in [7, 11) is 0. The molecule has 0 atom stereocenters. The highest BCUT2D eigenvalue weighted by atomic mass is 16.5. The molecule has 1 aliphatic carbocycles. The van der Waals surface area contributed by atoms with Crippen LogP contribution in [0.1, 0.15) is 39.0 Å². The van der Waals surface area contributed by atoms with Crippen molar-refractivity contribution >= 4 is 23.5 Å². The first kappa shape index (κ1) is 19.7. The number of morpholine rings is 1. The topological polar surface area (TPSA) is 84.4 Å². The Hall–Kier alpha value is -2.61. The first-order valence-electron chi connectivity index (χ1n) is 10.7. The summed E-state index contributed by atoms with van der Waals surface area (Å²) in [5.74, 6) is 2.73. The molecule has 0 bridgehead atoms. The Morgan fingerprint density at radius 3 is 2.45 bits per heavy atom. The minimum Gasteiger partial charge on any atom is -0.494 e. The summed E-state index contributed by atoms with van der Waals surface area (Å²) in [6.07, 6.45) is 6.17. The molecule has 1 aliphatic heterocycles. The summed E-state index contributed by atoms with van der Waals surface area (Å²) in [6.45, 7) is 5.59. The van der Waals surface area contributed by atoms with Crippen molar-refractivity contribution in [1.82, 2.24) is 15.0 Å². The van der Waals surface area contributed by atoms with E-state index in [0.29, 0.717) is 43.7 Å². The van der Waals surface area contributed by atoms with Gasteiger partial charge < -0.3 is 25.0 Å². The number of ether oxygens (including phenoxy) is 2. The summed E-state index contributed by atoms with van der Waals surface area (Å²) in [4.78, 5) is 16.2. The predicted molar refractivity (Wildman–Crippen MR) is 114 cm³/mol. The lowest BCUT2D eigenvalue weighted by Gasteiger charge is -2.28. The van der Waals surface area contributed by atoms with Crippen LogP contribution < -0.4 is 20.3 Å². The van der Waals surface area contributed by atoms with Gasteiger partial charge >= 0.3 is 0 Å². The molecule has 8 nitrogen and oxygen atoms in total. The first-order valence-corrected chi connectivity index (χ1v) is 10.7. The molecule has 0 spiro atoms. The standard InChI is InChI=1S/C21H30N6O2/c1-2-29-18-10-8-17(9-11-18)23-20-24-19(22-16-6-4-3-5-7-16)25-21(26-20)27-12-14-28-15-13-27/h8-11,16H,2-7,12-15H2,1H3,(H2,22,23,24,25,26). The molecule has 8 heteroatoms. The molecule has 2 aliphatic rings. The van der Waals surface area contributed by atoms with Gasteiger partial charge in [-0.05, 0) is 44.0 Å². The zero-order valence-corrected chi connectivity index (χ0v) is 17.1. The lowest BCUT2D eigenvalue weighted by molar-refractivity contribution is 0.122. The minimum absolute atomic E-state index is 0.432. The Balaban J connectivity index is 1.54. The number of aromatic nitrogens is 3. The average Bonchev–Trinajstić information content (AvgIpc) is 2.76. The van der Waals surface area contributed by atoms with E-state index in [1.165, 1.54) is 32.1 Å². The Morgan fingerprint density at radius 2 is 1.72 bits per heavy atom. The fourth-order valence-corrected chi connectivity index (χ4v) is 3.75. The van der Waals surface area contributed by atoms with Crippen LogP contribution in [0.4, 0.5) is 23.5 Å². The molecule has 1 saturated heterocycles. The van der Waals surface area contributed by atoms with E-state index in [-0.39, 0.29) is 0 Å². The first-order chi connectivity index (χ1) is 14.3. The molecule has 2 aromatic rings. The van der Waals surface area contributed by atoms with Crippen LogP contribution in [-0.2, 0) is 4.74 Å². The van der Waals surface area contributed by atoms with Crippen LogP contribution in [0.2, 0.25) is 0 Å². The van der Waals surface area contributed by atoms with Gasteiger partial charge in [-0.3, -0.25) is 0 Å². The second-order valence-corrected chi connectivity index (χ2v) is 7.44. The zero-order valence-electron chi connectivity index (χ0n) is 17.1. The van der Waals surface area contributed by atoms with Crippen LogP contribution in [0.3, 0.4) is 0 Å². The van der Waals surface area contributed by atoms with Crippen molar-refractivity contribution in [3.63, 3.8) is 0 Å². The molecule has 156 valence electrons. The molecule has 2 fully saturated rings. The molecule has 1 aromatic heterocycles. The monoisotopic (exact) mass is 398 g/mol. The zero-order chi connectivity index (χ0) is 19.9. The van der Waals surface area contributed by atoms with Gasteiger partial charge in [-0.25, -0.2) is 0 Å². The molecule has 2 N–H and O–H groups in total. The van der Waals surface area contributed by atoms with Gasteiger partial charge in [-0.15, -0.1) is 0 Å². The molecule has 2 heterocycles. The number of nitrogens with one attached hydrogen (secondary N) is 2. The molecule has 0 unspecified atom stereocenters. The number of hydrogen-bond acceptors (Lipinski definition) is 8. The van der Waals surface area contributed by atoms with E-state index in [1.807, 2.05) is 31.2 Å². The fraction of sp³-hybridized carbons (Fsp3) is 0.571. The van der Waals surface area contributed by atoms with Crippen LogP contribution >= 0.6 is 0 Å². The van der Waals surface area contributed by atoms with E-state index in [4.69, 9.17) is 14.5 Å². The van der Waals surface area contributed by atoms with E-state index in [0.717, 1.165) is 24.5 Å². The highest BCUT2D eigenvalue weighted by molar-refractivity contribution is 5.57. The normalized spacial score (nSPS) is 17.8. The van der Waals surface area contributed by atoms with Crippen molar-refractivity contribution in [3.8, 4) is 5.75 Å². The van der Waals surface area contributed by atoms with Crippen molar-refractivity contribution in [2.75, 3.05) is 48.4 Å². The molecule has 29 heavy (non-hydrogen) atoms. The molecule has 0 amide bonds. The second-order valence-electron chi connectivity index (χ2n) is 7.44. The molecular formula is C21H30N6O2. The average molecular weight is 399 g/mol. The predicted octanol–water partition coefficient (Wildman–Crippen LogP) is 3.60. The summed E-state index contributed by atoms with van der Waals surface area (Å²) in [5, 5.41) is 6.85. The van der Waals surface area contributed by atoms with E-state index in [9.17, 15) is 0 Å². The molecule has 0 radical (unpaired) electrons. The van der Waals surface area contributed by atoms with Gasteiger partial charge in [-0.2, -0.15) is 15.0 Å². The summed E-state index contributed by atoms with van der Waals surface area (Å²) < 4.78 is 11.0. The lowest BCUT2D eigenvalue weighted by Crippen LogP contribution is -2.37. The maximum absolute atomic E-state index is 5.52. The number of rotatable bonds is 7. The summed E-state index contributed by atoms with van der Waals surface area (Å²) in [6, 6.07) is 8.25. The van der Waals surface area contributed by atoms with Crippen LogP contribution in [0, 0.1) is 0 Å². The highest BCUT2D eigenvalue weighted by Gasteiger charge is 2.19. The quantitative estimate of drug-likeness (QED) is 0.732. The van der Waals surface area contributed by atoms with Crippen LogP contribution in [0.25, 0.3) is 0 Å². The van der Waals surface area contributed by atoms with Gasteiger partial charge in [0.1, 0.15) is 5.75 Å². The van der Waals surface area contributed by atoms with Crippen molar-refractivity contribution in [2.24, 2.45) is 0 Å². The third-order valence-corrected chi connectivity index (χ3v) is 5.28. The van der Waals surface area contributed by atoms with Crippen molar-refractivity contribution < 1.29 is 9.47 Å². The second kappa shape index (κ2) is 9.73. The third kappa shape index (κ3) is 5.47. The van der Waals surface area contributed by atoms with E-state index < -0.39 is 0 Å². The Labute approximate surface area is 172 Å². The number of nitrogens with zero attached hydrogens (tertiary/aromatic N) is 4. The Bertz CT molecular complexity index is 773. The SMILES string of the molecule is CCOc1ccc(Nc2nc(NC3CCCCC3)nc(N3CCOCC3)n2)cc1. The third-order valence-electron chi connectivity index (χ3n) is 5.28. The number of benzene rings is 1. The van der Waals surface area contributed by atoms with Gasteiger partial charge in [0.25, 0.3) is 0 Å². The van der Waals surface area contributed by atoms with Crippen LogP contribution in [0.15, 0.2) is 24.3 Å². The molecule has 1 aromatic carbocycles. The minimum atomic E-state index is 0.432. The van der Waals surface area contributed by atoms with E-state index in [2.05, 4.69) is 25.5 Å². The molecule has 1 saturated carbocycles.